The molecular formula is C39H45N9O4. The number of carbonyl (C=O) groups excluding carboxylic acids is 2. The molecule has 13 nitrogen and oxygen atoms in total. The second-order valence-corrected chi connectivity index (χ2v) is 14.6. The number of rotatable bonds is 7. The van der Waals surface area contributed by atoms with Gasteiger partial charge in [-0.3, -0.25) is 19.8 Å². The van der Waals surface area contributed by atoms with E-state index in [1.807, 2.05) is 31.5 Å². The number of carbonyl (C=O) groups is 2. The molecule has 13 heteroatoms. The van der Waals surface area contributed by atoms with Crippen LogP contribution in [0.25, 0.3) is 16.9 Å². The number of nitrogens with two attached hydrogens (primary N) is 1. The number of ether oxygens (including phenoxy) is 1. The number of para-hydroxylation sites is 2. The van der Waals surface area contributed by atoms with E-state index in [0.717, 1.165) is 69.0 Å². The van der Waals surface area contributed by atoms with Crippen molar-refractivity contribution in [3.05, 3.63) is 79.1 Å². The fourth-order valence-corrected chi connectivity index (χ4v) is 8.65. The van der Waals surface area contributed by atoms with Crippen molar-refractivity contribution in [2.24, 2.45) is 0 Å². The first kappa shape index (κ1) is 33.7. The molecule has 4 aromatic rings. The van der Waals surface area contributed by atoms with Gasteiger partial charge in [-0.25, -0.2) is 4.68 Å². The van der Waals surface area contributed by atoms with Gasteiger partial charge in [0.25, 0.3) is 5.91 Å². The summed E-state index contributed by atoms with van der Waals surface area (Å²) in [6.07, 6.45) is 10.8. The molecule has 0 bridgehead atoms. The third kappa shape index (κ3) is 5.82. The first-order valence-corrected chi connectivity index (χ1v) is 18.2. The molecule has 5 heterocycles. The van der Waals surface area contributed by atoms with Crippen molar-refractivity contribution in [3.8, 4) is 28.4 Å². The van der Waals surface area contributed by atoms with Crippen molar-refractivity contribution in [1.82, 2.24) is 30.2 Å². The second-order valence-electron chi connectivity index (χ2n) is 14.6. The molecule has 4 aliphatic rings. The van der Waals surface area contributed by atoms with Gasteiger partial charge >= 0.3 is 0 Å². The van der Waals surface area contributed by atoms with Crippen LogP contribution in [0.2, 0.25) is 0 Å². The number of nitrogens with one attached hydrogen (secondary N) is 1. The number of anilines is 3. The molecule has 0 radical (unpaired) electrons. The number of hydrogen-bond acceptors (Lipinski definition) is 11. The Morgan fingerprint density at radius 1 is 1.00 bits per heavy atom. The smallest absolute Gasteiger partial charge is 0.252 e. The van der Waals surface area contributed by atoms with Crippen LogP contribution in [0.4, 0.5) is 17.2 Å². The summed E-state index contributed by atoms with van der Waals surface area (Å²) in [6, 6.07) is 15.1. The van der Waals surface area contributed by atoms with Crippen molar-refractivity contribution in [2.45, 2.75) is 62.4 Å². The fourth-order valence-electron chi connectivity index (χ4n) is 8.65. The van der Waals surface area contributed by atoms with Crippen molar-refractivity contribution < 1.29 is 19.4 Å². The molecule has 2 saturated heterocycles. The highest BCUT2D eigenvalue weighted by Crippen LogP contribution is 2.49. The minimum Gasteiger partial charge on any atom is -0.507 e. The van der Waals surface area contributed by atoms with Crippen molar-refractivity contribution in [1.29, 1.82) is 0 Å². The predicted octanol–water partition coefficient (Wildman–Crippen LogP) is 4.42. The van der Waals surface area contributed by atoms with E-state index in [2.05, 4.69) is 60.1 Å². The van der Waals surface area contributed by atoms with Gasteiger partial charge in [-0.1, -0.05) is 30.3 Å². The van der Waals surface area contributed by atoms with E-state index in [4.69, 9.17) is 10.5 Å². The molecule has 2 amide bonds. The largest absolute Gasteiger partial charge is 0.507 e. The van der Waals surface area contributed by atoms with Gasteiger partial charge in [-0.2, -0.15) is 5.10 Å². The maximum Gasteiger partial charge on any atom is 0.252 e. The molecular weight excluding hydrogens is 658 g/mol. The first-order chi connectivity index (χ1) is 25.2. The second kappa shape index (κ2) is 13.3. The number of nitrogen functional groups attached to an aromatic ring is 1. The third-order valence-electron chi connectivity index (χ3n) is 11.8. The summed E-state index contributed by atoms with van der Waals surface area (Å²) in [4.78, 5) is 32.1. The number of benzene rings is 2. The number of nitrogens with zero attached hydrogens (tertiary/aromatic N) is 7. The number of phenolic OH excluding ortho intramolecular Hbond substituents is 1. The summed E-state index contributed by atoms with van der Waals surface area (Å²) >= 11 is 0. The maximum atomic E-state index is 13.1. The number of aromatic nitrogens is 4. The number of piperidine rings is 1. The minimum atomic E-state index is -0.795. The molecule has 0 unspecified atom stereocenters. The first-order valence-electron chi connectivity index (χ1n) is 18.2. The molecule has 1 atom stereocenters. The van der Waals surface area contributed by atoms with Gasteiger partial charge in [0, 0.05) is 43.7 Å². The van der Waals surface area contributed by atoms with E-state index in [9.17, 15) is 14.7 Å². The Hall–Kier alpha value is -5.43. The summed E-state index contributed by atoms with van der Waals surface area (Å²) in [5, 5.41) is 25.8. The van der Waals surface area contributed by atoms with Gasteiger partial charge in [0.05, 0.1) is 36.0 Å². The lowest BCUT2D eigenvalue weighted by Gasteiger charge is -2.50. The van der Waals surface area contributed by atoms with E-state index in [0.29, 0.717) is 48.9 Å². The summed E-state index contributed by atoms with van der Waals surface area (Å²) < 4.78 is 8.06. The lowest BCUT2D eigenvalue weighted by atomic mass is 9.72. The van der Waals surface area contributed by atoms with Gasteiger partial charge in [0.15, 0.2) is 5.82 Å². The van der Waals surface area contributed by atoms with Crippen LogP contribution in [-0.2, 0) is 9.59 Å². The fraction of sp³-hybridized carbons (Fsp3) is 0.410. The van der Waals surface area contributed by atoms with Crippen LogP contribution in [0.15, 0.2) is 73.6 Å². The Morgan fingerprint density at radius 3 is 2.54 bits per heavy atom. The average molecular weight is 704 g/mol. The molecule has 8 rings (SSSR count). The topological polar surface area (TPSA) is 155 Å². The summed E-state index contributed by atoms with van der Waals surface area (Å²) in [5.41, 5.74) is 10.2. The normalized spacial score (nSPS) is 25.3. The monoisotopic (exact) mass is 703 g/mol. The quantitative estimate of drug-likeness (QED) is 0.185. The van der Waals surface area contributed by atoms with E-state index >= 15 is 0 Å². The lowest BCUT2D eigenvalue weighted by molar-refractivity contribution is -0.137. The molecule has 52 heavy (non-hydrogen) atoms. The van der Waals surface area contributed by atoms with Crippen LogP contribution in [0.1, 0.15) is 56.9 Å². The SMILES string of the molecule is C=C[C@]1(N2CCN(c3cnn(-c4cc(-c5ccccc5O)nnc4N)c3)CC2)CC[C@@H](c2cccc3c2OCCN3[C@]2(C)CCC(=O)NC2=O)CC1. The Kier molecular flexibility index (Phi) is 8.60. The highest BCUT2D eigenvalue weighted by Gasteiger charge is 2.46. The summed E-state index contributed by atoms with van der Waals surface area (Å²) in [6.45, 7) is 10.9. The van der Waals surface area contributed by atoms with E-state index in [-0.39, 0.29) is 28.9 Å². The van der Waals surface area contributed by atoms with Crippen LogP contribution >= 0.6 is 0 Å². The van der Waals surface area contributed by atoms with Crippen molar-refractivity contribution in [2.75, 3.05) is 54.9 Å². The van der Waals surface area contributed by atoms with E-state index in [1.165, 1.54) is 5.56 Å². The predicted molar refractivity (Wildman–Crippen MR) is 199 cm³/mol. The summed E-state index contributed by atoms with van der Waals surface area (Å²) in [7, 11) is 0. The maximum absolute atomic E-state index is 13.1. The van der Waals surface area contributed by atoms with Gasteiger partial charge in [-0.05, 0) is 74.8 Å². The zero-order valence-corrected chi connectivity index (χ0v) is 29.5. The Labute approximate surface area is 303 Å². The lowest BCUT2D eigenvalue weighted by Crippen LogP contribution is -2.63. The molecule has 1 aliphatic carbocycles. The Bertz CT molecular complexity index is 2010. The number of imide groups is 1. The Balaban J connectivity index is 0.929. The van der Waals surface area contributed by atoms with Crippen LogP contribution in [0.3, 0.4) is 0 Å². The van der Waals surface area contributed by atoms with Crippen LogP contribution in [-0.4, -0.2) is 92.2 Å². The average Bonchev–Trinajstić information content (AvgIpc) is 3.67. The molecule has 1 saturated carbocycles. The molecule has 270 valence electrons. The van der Waals surface area contributed by atoms with Gasteiger partial charge in [-0.15, -0.1) is 16.8 Å². The third-order valence-corrected chi connectivity index (χ3v) is 11.8. The zero-order chi connectivity index (χ0) is 36.0. The zero-order valence-electron chi connectivity index (χ0n) is 29.5. The van der Waals surface area contributed by atoms with Crippen LogP contribution in [0, 0.1) is 0 Å². The van der Waals surface area contributed by atoms with E-state index < -0.39 is 5.54 Å². The molecule has 0 spiro atoms. The minimum absolute atomic E-state index is 0.0781. The van der Waals surface area contributed by atoms with Crippen LogP contribution in [0.5, 0.6) is 11.5 Å². The van der Waals surface area contributed by atoms with Crippen LogP contribution < -0.4 is 25.6 Å². The molecule has 2 aromatic heterocycles. The number of amides is 2. The number of hydrogen-bond donors (Lipinski definition) is 3. The van der Waals surface area contributed by atoms with E-state index in [1.54, 1.807) is 28.9 Å². The van der Waals surface area contributed by atoms with Gasteiger partial charge in [0.1, 0.15) is 29.3 Å². The van der Waals surface area contributed by atoms with Gasteiger partial charge in [0.2, 0.25) is 5.91 Å². The number of fused-ring (bicyclic) bond motifs is 1. The van der Waals surface area contributed by atoms with Crippen molar-refractivity contribution >= 4 is 29.0 Å². The highest BCUT2D eigenvalue weighted by molar-refractivity contribution is 6.04. The van der Waals surface area contributed by atoms with Gasteiger partial charge < -0.3 is 25.4 Å². The molecule has 4 N–H and O–H groups in total. The number of aromatic hydroxyl groups is 1. The standard InChI is InChI=1S/C39H45N9O4/c1-3-39(15-11-26(12-16-39)28-8-6-9-31-35(28)52-22-21-47(31)38(2)14-13-34(50)42-37(38)51)46-19-17-45(18-20-46)27-24-41-48(25-27)32-23-30(43-44-36(32)40)29-7-4-5-10-33(29)49/h3-10,23-26,49H,1,11-22H2,2H3,(H2,40,44)(H,42,50,51)/t26-,38-,39+/m1/s1. The Morgan fingerprint density at radius 2 is 1.79 bits per heavy atom. The molecule has 3 aliphatic heterocycles. The number of phenols is 1. The number of piperazine rings is 1. The molecule has 2 aromatic carbocycles. The highest BCUT2D eigenvalue weighted by atomic mass is 16.5. The summed E-state index contributed by atoms with van der Waals surface area (Å²) in [5.74, 6) is 1.15. The molecule has 3 fully saturated rings. The van der Waals surface area contributed by atoms with Crippen molar-refractivity contribution in [3.63, 3.8) is 0 Å².